The van der Waals surface area contributed by atoms with E-state index in [2.05, 4.69) is 0 Å². The van der Waals surface area contributed by atoms with Gasteiger partial charge >= 0.3 is 0 Å². The van der Waals surface area contributed by atoms with Gasteiger partial charge in [-0.05, 0) is 31.6 Å². The maximum absolute atomic E-state index is 9.06. The van der Waals surface area contributed by atoms with E-state index in [9.17, 15) is 0 Å². The van der Waals surface area contributed by atoms with Gasteiger partial charge in [0.2, 0.25) is 0 Å². The summed E-state index contributed by atoms with van der Waals surface area (Å²) < 4.78 is 10.9. The molecule has 3 nitrogen and oxygen atoms in total. The lowest BCUT2D eigenvalue weighted by molar-refractivity contribution is -0.0889. The van der Waals surface area contributed by atoms with Crippen molar-refractivity contribution in [3.8, 4) is 0 Å². The van der Waals surface area contributed by atoms with Gasteiger partial charge in [0.05, 0.1) is 12.2 Å². The smallest absolute Gasteiger partial charge is 0.0624 e. The molecule has 1 aliphatic carbocycles. The van der Waals surface area contributed by atoms with Crippen LogP contribution in [-0.4, -0.2) is 37.1 Å². The zero-order chi connectivity index (χ0) is 9.10. The largest absolute Gasteiger partial charge is 0.393 e. The highest BCUT2D eigenvalue weighted by molar-refractivity contribution is 4.79. The highest BCUT2D eigenvalue weighted by atomic mass is 16.5. The van der Waals surface area contributed by atoms with Crippen molar-refractivity contribution in [3.05, 3.63) is 0 Å². The standard InChI is InChI=1S/C10H18O3/c11-9-5-10(6-9)13-7-8-1-3-12-4-2-8/h8-11H,1-7H2. The van der Waals surface area contributed by atoms with Gasteiger partial charge in [-0.15, -0.1) is 0 Å². The summed E-state index contributed by atoms with van der Waals surface area (Å²) in [4.78, 5) is 0. The Kier molecular flexibility index (Phi) is 3.19. The first kappa shape index (κ1) is 9.44. The summed E-state index contributed by atoms with van der Waals surface area (Å²) in [5.74, 6) is 0.687. The molecule has 0 unspecified atom stereocenters. The molecule has 0 radical (unpaired) electrons. The number of hydrogen-bond donors (Lipinski definition) is 1. The molecular weight excluding hydrogens is 168 g/mol. The van der Waals surface area contributed by atoms with E-state index in [4.69, 9.17) is 14.6 Å². The molecule has 2 fully saturated rings. The Labute approximate surface area is 79.0 Å². The molecule has 0 amide bonds. The van der Waals surface area contributed by atoms with E-state index in [1.54, 1.807) is 0 Å². The molecule has 1 aliphatic heterocycles. The lowest BCUT2D eigenvalue weighted by Crippen LogP contribution is -2.36. The van der Waals surface area contributed by atoms with Gasteiger partial charge in [-0.1, -0.05) is 0 Å². The van der Waals surface area contributed by atoms with Crippen LogP contribution in [0, 0.1) is 5.92 Å². The average Bonchev–Trinajstić information content (AvgIpc) is 2.12. The summed E-state index contributed by atoms with van der Waals surface area (Å²) in [6, 6.07) is 0. The predicted octanol–water partition coefficient (Wildman–Crippen LogP) is 0.953. The second-order valence-electron chi connectivity index (χ2n) is 4.14. The maximum Gasteiger partial charge on any atom is 0.0624 e. The van der Waals surface area contributed by atoms with Gasteiger partial charge in [0.25, 0.3) is 0 Å². The molecule has 0 spiro atoms. The summed E-state index contributed by atoms with van der Waals surface area (Å²) in [5, 5.41) is 9.06. The third kappa shape index (κ3) is 2.66. The molecule has 3 heteroatoms. The van der Waals surface area contributed by atoms with E-state index >= 15 is 0 Å². The topological polar surface area (TPSA) is 38.7 Å². The van der Waals surface area contributed by atoms with Gasteiger partial charge in [0.1, 0.15) is 0 Å². The van der Waals surface area contributed by atoms with Crippen LogP contribution in [0.4, 0.5) is 0 Å². The van der Waals surface area contributed by atoms with E-state index in [0.29, 0.717) is 12.0 Å². The molecule has 1 saturated heterocycles. The van der Waals surface area contributed by atoms with Crippen molar-refractivity contribution in [1.82, 2.24) is 0 Å². The minimum Gasteiger partial charge on any atom is -0.393 e. The third-order valence-corrected chi connectivity index (χ3v) is 2.98. The minimum absolute atomic E-state index is 0.0975. The second kappa shape index (κ2) is 4.40. The highest BCUT2D eigenvalue weighted by Crippen LogP contribution is 2.25. The van der Waals surface area contributed by atoms with Crippen molar-refractivity contribution < 1.29 is 14.6 Å². The Hall–Kier alpha value is -0.120. The van der Waals surface area contributed by atoms with Crippen LogP contribution in [0.1, 0.15) is 25.7 Å². The molecule has 13 heavy (non-hydrogen) atoms. The number of rotatable bonds is 3. The first-order valence-corrected chi connectivity index (χ1v) is 5.22. The fourth-order valence-electron chi connectivity index (χ4n) is 1.86. The summed E-state index contributed by atoms with van der Waals surface area (Å²) in [6.07, 6.45) is 4.18. The van der Waals surface area contributed by atoms with Crippen molar-refractivity contribution in [3.63, 3.8) is 0 Å². The second-order valence-corrected chi connectivity index (χ2v) is 4.14. The Morgan fingerprint density at radius 1 is 1.23 bits per heavy atom. The van der Waals surface area contributed by atoms with E-state index in [1.165, 1.54) is 0 Å². The van der Waals surface area contributed by atoms with E-state index in [0.717, 1.165) is 45.5 Å². The van der Waals surface area contributed by atoms with Gasteiger partial charge in [-0.25, -0.2) is 0 Å². The fourth-order valence-corrected chi connectivity index (χ4v) is 1.86. The van der Waals surface area contributed by atoms with Crippen LogP contribution in [0.25, 0.3) is 0 Å². The van der Waals surface area contributed by atoms with Crippen molar-refractivity contribution in [2.45, 2.75) is 37.9 Å². The number of aliphatic hydroxyl groups is 1. The summed E-state index contributed by atoms with van der Waals surface area (Å²) in [6.45, 7) is 2.64. The lowest BCUT2D eigenvalue weighted by Gasteiger charge is -2.33. The first-order valence-electron chi connectivity index (χ1n) is 5.22. The number of hydrogen-bond acceptors (Lipinski definition) is 3. The molecule has 0 aromatic heterocycles. The quantitative estimate of drug-likeness (QED) is 0.713. The Morgan fingerprint density at radius 2 is 1.92 bits per heavy atom. The molecular formula is C10H18O3. The molecule has 2 rings (SSSR count). The Bertz CT molecular complexity index is 148. The van der Waals surface area contributed by atoms with Crippen LogP contribution in [0.3, 0.4) is 0 Å². The third-order valence-electron chi connectivity index (χ3n) is 2.98. The molecule has 0 aromatic rings. The highest BCUT2D eigenvalue weighted by Gasteiger charge is 2.28. The van der Waals surface area contributed by atoms with Crippen LogP contribution < -0.4 is 0 Å². The summed E-state index contributed by atoms with van der Waals surface area (Å²) in [5.41, 5.74) is 0. The normalized spacial score (nSPS) is 35.8. The molecule has 0 atom stereocenters. The molecule has 2 aliphatic rings. The molecule has 0 aromatic carbocycles. The summed E-state index contributed by atoms with van der Waals surface area (Å²) >= 11 is 0. The molecule has 1 heterocycles. The lowest BCUT2D eigenvalue weighted by atomic mass is 9.92. The van der Waals surface area contributed by atoms with Crippen molar-refractivity contribution >= 4 is 0 Å². The number of ether oxygens (including phenoxy) is 2. The molecule has 76 valence electrons. The van der Waals surface area contributed by atoms with Gasteiger partial charge in [-0.3, -0.25) is 0 Å². The van der Waals surface area contributed by atoms with Crippen LogP contribution in [0.15, 0.2) is 0 Å². The van der Waals surface area contributed by atoms with E-state index < -0.39 is 0 Å². The predicted molar refractivity (Wildman–Crippen MR) is 48.5 cm³/mol. The average molecular weight is 186 g/mol. The zero-order valence-corrected chi connectivity index (χ0v) is 7.95. The maximum atomic E-state index is 9.06. The van der Waals surface area contributed by atoms with Crippen molar-refractivity contribution in [2.24, 2.45) is 5.92 Å². The minimum atomic E-state index is -0.0975. The van der Waals surface area contributed by atoms with Crippen LogP contribution >= 0.6 is 0 Å². The van der Waals surface area contributed by atoms with Crippen LogP contribution in [-0.2, 0) is 9.47 Å². The van der Waals surface area contributed by atoms with Crippen molar-refractivity contribution in [1.29, 1.82) is 0 Å². The van der Waals surface area contributed by atoms with Gasteiger partial charge in [-0.2, -0.15) is 0 Å². The fraction of sp³-hybridized carbons (Fsp3) is 1.00. The van der Waals surface area contributed by atoms with Crippen LogP contribution in [0.5, 0.6) is 0 Å². The molecule has 0 bridgehead atoms. The molecule has 1 N–H and O–H groups in total. The van der Waals surface area contributed by atoms with Crippen LogP contribution in [0.2, 0.25) is 0 Å². The SMILES string of the molecule is OC1CC(OCC2CCOCC2)C1. The van der Waals surface area contributed by atoms with E-state index in [1.807, 2.05) is 0 Å². The monoisotopic (exact) mass is 186 g/mol. The number of aliphatic hydroxyl groups excluding tert-OH is 1. The Balaban J connectivity index is 1.56. The van der Waals surface area contributed by atoms with Gasteiger partial charge in [0.15, 0.2) is 0 Å². The molecule has 1 saturated carbocycles. The van der Waals surface area contributed by atoms with Gasteiger partial charge < -0.3 is 14.6 Å². The summed E-state index contributed by atoms with van der Waals surface area (Å²) in [7, 11) is 0. The van der Waals surface area contributed by atoms with E-state index in [-0.39, 0.29) is 6.10 Å². The van der Waals surface area contributed by atoms with Crippen molar-refractivity contribution in [2.75, 3.05) is 19.8 Å². The Morgan fingerprint density at radius 3 is 2.54 bits per heavy atom. The first-order chi connectivity index (χ1) is 6.34. The van der Waals surface area contributed by atoms with Gasteiger partial charge in [0, 0.05) is 19.8 Å². The zero-order valence-electron chi connectivity index (χ0n) is 7.95.